The van der Waals surface area contributed by atoms with Crippen LogP contribution in [0.3, 0.4) is 0 Å². The molecule has 2 N–H and O–H groups in total. The van der Waals surface area contributed by atoms with Gasteiger partial charge in [0.15, 0.2) is 5.13 Å². The SMILES string of the molecule is CCCNC(=O)c1csc(NCCN2CCOCC2)n1. The van der Waals surface area contributed by atoms with Gasteiger partial charge in [-0.3, -0.25) is 9.69 Å². The first-order valence-electron chi connectivity index (χ1n) is 7.07. The van der Waals surface area contributed by atoms with Crippen LogP contribution in [0.5, 0.6) is 0 Å². The Labute approximate surface area is 123 Å². The van der Waals surface area contributed by atoms with E-state index in [4.69, 9.17) is 4.74 Å². The molecule has 0 unspecified atom stereocenters. The van der Waals surface area contributed by atoms with E-state index >= 15 is 0 Å². The summed E-state index contributed by atoms with van der Waals surface area (Å²) in [6.45, 7) is 8.15. The van der Waals surface area contributed by atoms with Crippen molar-refractivity contribution in [3.8, 4) is 0 Å². The van der Waals surface area contributed by atoms with Gasteiger partial charge in [-0.25, -0.2) is 4.98 Å². The fourth-order valence-electron chi connectivity index (χ4n) is 1.93. The molecular formula is C13H22N4O2S. The summed E-state index contributed by atoms with van der Waals surface area (Å²) in [5.41, 5.74) is 0.498. The van der Waals surface area contributed by atoms with Gasteiger partial charge in [0.25, 0.3) is 5.91 Å². The van der Waals surface area contributed by atoms with E-state index in [-0.39, 0.29) is 5.91 Å². The predicted octanol–water partition coefficient (Wildman–Crippen LogP) is 1.03. The predicted molar refractivity (Wildman–Crippen MR) is 80.5 cm³/mol. The first-order chi connectivity index (χ1) is 9.79. The Kier molecular flexibility index (Phi) is 6.23. The molecule has 112 valence electrons. The second-order valence-electron chi connectivity index (χ2n) is 4.67. The second kappa shape index (κ2) is 8.18. The smallest absolute Gasteiger partial charge is 0.270 e. The number of carbonyl (C=O) groups excluding carboxylic acids is 1. The lowest BCUT2D eigenvalue weighted by atomic mass is 10.4. The Bertz CT molecular complexity index is 418. The molecule has 7 heteroatoms. The van der Waals surface area contributed by atoms with Crippen molar-refractivity contribution in [3.05, 3.63) is 11.1 Å². The molecule has 0 radical (unpaired) electrons. The third-order valence-corrected chi connectivity index (χ3v) is 3.88. The Morgan fingerprint density at radius 3 is 3.00 bits per heavy atom. The Morgan fingerprint density at radius 1 is 1.45 bits per heavy atom. The van der Waals surface area contributed by atoms with Gasteiger partial charge in [-0.05, 0) is 6.42 Å². The maximum absolute atomic E-state index is 11.7. The minimum absolute atomic E-state index is 0.0932. The van der Waals surface area contributed by atoms with E-state index in [0.717, 1.165) is 50.9 Å². The Morgan fingerprint density at radius 2 is 2.25 bits per heavy atom. The number of hydrogen-bond donors (Lipinski definition) is 2. The summed E-state index contributed by atoms with van der Waals surface area (Å²) in [6.07, 6.45) is 0.931. The van der Waals surface area contributed by atoms with E-state index in [0.29, 0.717) is 12.2 Å². The highest BCUT2D eigenvalue weighted by Gasteiger charge is 2.11. The second-order valence-corrected chi connectivity index (χ2v) is 5.53. The largest absolute Gasteiger partial charge is 0.379 e. The molecule has 2 heterocycles. The maximum atomic E-state index is 11.7. The first-order valence-corrected chi connectivity index (χ1v) is 7.95. The number of nitrogens with zero attached hydrogens (tertiary/aromatic N) is 2. The number of amides is 1. The molecule has 1 aliphatic rings. The lowest BCUT2D eigenvalue weighted by molar-refractivity contribution is 0.0398. The zero-order valence-electron chi connectivity index (χ0n) is 11.9. The number of hydrogen-bond acceptors (Lipinski definition) is 6. The number of rotatable bonds is 7. The number of aromatic nitrogens is 1. The van der Waals surface area contributed by atoms with Crippen molar-refractivity contribution in [1.29, 1.82) is 0 Å². The molecule has 2 rings (SSSR count). The third kappa shape index (κ3) is 4.73. The van der Waals surface area contributed by atoms with Crippen LogP contribution in [0.15, 0.2) is 5.38 Å². The number of carbonyl (C=O) groups is 1. The highest BCUT2D eigenvalue weighted by Crippen LogP contribution is 2.15. The zero-order valence-corrected chi connectivity index (χ0v) is 12.7. The summed E-state index contributed by atoms with van der Waals surface area (Å²) >= 11 is 1.47. The van der Waals surface area contributed by atoms with Gasteiger partial charge >= 0.3 is 0 Å². The molecule has 1 aliphatic heterocycles. The van der Waals surface area contributed by atoms with E-state index in [1.165, 1.54) is 11.3 Å². The van der Waals surface area contributed by atoms with Crippen molar-refractivity contribution in [1.82, 2.24) is 15.2 Å². The molecule has 1 fully saturated rings. The summed E-state index contributed by atoms with van der Waals surface area (Å²) in [6, 6.07) is 0. The molecule has 0 saturated carbocycles. The molecule has 6 nitrogen and oxygen atoms in total. The molecule has 1 amide bonds. The monoisotopic (exact) mass is 298 g/mol. The lowest BCUT2D eigenvalue weighted by Gasteiger charge is -2.26. The molecule has 1 aromatic rings. The van der Waals surface area contributed by atoms with Crippen LogP contribution in [0, 0.1) is 0 Å². The minimum Gasteiger partial charge on any atom is -0.379 e. The summed E-state index contributed by atoms with van der Waals surface area (Å²) in [4.78, 5) is 18.4. The van der Waals surface area contributed by atoms with E-state index in [1.807, 2.05) is 6.92 Å². The molecule has 0 aromatic carbocycles. The zero-order chi connectivity index (χ0) is 14.2. The number of anilines is 1. The highest BCUT2D eigenvalue weighted by atomic mass is 32.1. The van der Waals surface area contributed by atoms with E-state index in [9.17, 15) is 4.79 Å². The number of morpholine rings is 1. The van der Waals surface area contributed by atoms with Gasteiger partial charge in [-0.1, -0.05) is 6.92 Å². The molecule has 1 saturated heterocycles. The van der Waals surface area contributed by atoms with Gasteiger partial charge in [-0.15, -0.1) is 11.3 Å². The Hall–Kier alpha value is -1.18. The number of ether oxygens (including phenoxy) is 1. The number of nitrogens with one attached hydrogen (secondary N) is 2. The Balaban J connectivity index is 1.70. The van der Waals surface area contributed by atoms with Crippen molar-refractivity contribution in [3.63, 3.8) is 0 Å². The van der Waals surface area contributed by atoms with Crippen LogP contribution in [-0.2, 0) is 4.74 Å². The molecule has 0 atom stereocenters. The van der Waals surface area contributed by atoms with Gasteiger partial charge in [0, 0.05) is 38.1 Å². The van der Waals surface area contributed by atoms with Crippen LogP contribution < -0.4 is 10.6 Å². The van der Waals surface area contributed by atoms with Crippen LogP contribution in [0.25, 0.3) is 0 Å². The average Bonchev–Trinajstić information content (AvgIpc) is 2.95. The van der Waals surface area contributed by atoms with Gasteiger partial charge < -0.3 is 15.4 Å². The summed E-state index contributed by atoms with van der Waals surface area (Å²) in [7, 11) is 0. The standard InChI is InChI=1S/C13H22N4O2S/c1-2-3-14-12(18)11-10-20-13(16-11)15-4-5-17-6-8-19-9-7-17/h10H,2-9H2,1H3,(H,14,18)(H,15,16). The molecular weight excluding hydrogens is 276 g/mol. The van der Waals surface area contributed by atoms with Crippen molar-refractivity contribution in [2.24, 2.45) is 0 Å². The fourth-order valence-corrected chi connectivity index (χ4v) is 2.65. The third-order valence-electron chi connectivity index (χ3n) is 3.08. The topological polar surface area (TPSA) is 66.5 Å². The van der Waals surface area contributed by atoms with Crippen LogP contribution >= 0.6 is 11.3 Å². The van der Waals surface area contributed by atoms with E-state index in [1.54, 1.807) is 5.38 Å². The van der Waals surface area contributed by atoms with Gasteiger partial charge in [-0.2, -0.15) is 0 Å². The van der Waals surface area contributed by atoms with Crippen LogP contribution in [0.2, 0.25) is 0 Å². The van der Waals surface area contributed by atoms with Crippen LogP contribution in [-0.4, -0.2) is 61.7 Å². The van der Waals surface area contributed by atoms with Crippen molar-refractivity contribution < 1.29 is 9.53 Å². The van der Waals surface area contributed by atoms with Crippen molar-refractivity contribution in [2.45, 2.75) is 13.3 Å². The fraction of sp³-hybridized carbons (Fsp3) is 0.692. The van der Waals surface area contributed by atoms with E-state index < -0.39 is 0 Å². The quantitative estimate of drug-likeness (QED) is 0.787. The normalized spacial score (nSPS) is 16.1. The van der Waals surface area contributed by atoms with Crippen LogP contribution in [0.4, 0.5) is 5.13 Å². The van der Waals surface area contributed by atoms with E-state index in [2.05, 4.69) is 20.5 Å². The van der Waals surface area contributed by atoms with Crippen molar-refractivity contribution >= 4 is 22.4 Å². The van der Waals surface area contributed by atoms with Crippen molar-refractivity contribution in [2.75, 3.05) is 51.3 Å². The summed E-state index contributed by atoms with van der Waals surface area (Å²) in [5.74, 6) is -0.0932. The number of thiazole rings is 1. The maximum Gasteiger partial charge on any atom is 0.270 e. The first kappa shape index (κ1) is 15.2. The highest BCUT2D eigenvalue weighted by molar-refractivity contribution is 7.13. The summed E-state index contributed by atoms with van der Waals surface area (Å²) < 4.78 is 5.31. The lowest BCUT2D eigenvalue weighted by Crippen LogP contribution is -2.39. The van der Waals surface area contributed by atoms with Gasteiger partial charge in [0.1, 0.15) is 5.69 Å². The minimum atomic E-state index is -0.0932. The molecule has 1 aromatic heterocycles. The molecule has 0 aliphatic carbocycles. The molecule has 0 bridgehead atoms. The average molecular weight is 298 g/mol. The van der Waals surface area contributed by atoms with Gasteiger partial charge in [0.2, 0.25) is 0 Å². The van der Waals surface area contributed by atoms with Gasteiger partial charge in [0.05, 0.1) is 13.2 Å². The molecule has 0 spiro atoms. The summed E-state index contributed by atoms with van der Waals surface area (Å²) in [5, 5.41) is 8.69. The van der Waals surface area contributed by atoms with Crippen LogP contribution in [0.1, 0.15) is 23.8 Å². The molecule has 20 heavy (non-hydrogen) atoms.